The van der Waals surface area contributed by atoms with Crippen molar-refractivity contribution in [1.29, 1.82) is 0 Å². The van der Waals surface area contributed by atoms with E-state index in [-0.39, 0.29) is 18.2 Å². The molecule has 1 N–H and O–H groups in total. The molecule has 4 nitrogen and oxygen atoms in total. The van der Waals surface area contributed by atoms with Gasteiger partial charge in [0.05, 0.1) is 11.8 Å². The third-order valence-corrected chi connectivity index (χ3v) is 5.19. The van der Waals surface area contributed by atoms with Crippen LogP contribution in [0.2, 0.25) is 0 Å². The summed E-state index contributed by atoms with van der Waals surface area (Å²) in [6.45, 7) is 0.281. The molecule has 22 heavy (non-hydrogen) atoms. The van der Waals surface area contributed by atoms with Gasteiger partial charge in [-0.1, -0.05) is 0 Å². The first kappa shape index (κ1) is 17.0. The van der Waals surface area contributed by atoms with E-state index in [0.717, 1.165) is 12.1 Å². The lowest BCUT2D eigenvalue weighted by molar-refractivity contribution is -0.0435. The summed E-state index contributed by atoms with van der Waals surface area (Å²) in [5.41, 5.74) is -5.71. The molecule has 0 bridgehead atoms. The van der Waals surface area contributed by atoms with Gasteiger partial charge < -0.3 is 10.0 Å². The van der Waals surface area contributed by atoms with Gasteiger partial charge in [-0.3, -0.25) is 0 Å². The SMILES string of the molecule is CN(CC1CC(O)C1)c1ccc(F)cc1S(=O)(=O)C(F)(F)F. The number of aliphatic hydroxyl groups excluding tert-OH is 1. The van der Waals surface area contributed by atoms with E-state index in [1.165, 1.54) is 11.9 Å². The van der Waals surface area contributed by atoms with Crippen LogP contribution in [0.25, 0.3) is 0 Å². The van der Waals surface area contributed by atoms with Gasteiger partial charge in [-0.25, -0.2) is 12.8 Å². The van der Waals surface area contributed by atoms with Crippen LogP contribution in [0, 0.1) is 11.7 Å². The van der Waals surface area contributed by atoms with E-state index in [0.29, 0.717) is 18.9 Å². The number of hydrogen-bond acceptors (Lipinski definition) is 4. The standard InChI is InChI=1S/C13H15F4NO3S/c1-18(7-8-4-10(19)5-8)11-3-2-9(14)6-12(11)22(20,21)13(15,16)17/h2-3,6,8,10,19H,4-5,7H2,1H3. The molecule has 1 saturated carbocycles. The molecule has 0 aliphatic heterocycles. The van der Waals surface area contributed by atoms with Crippen LogP contribution in [0.5, 0.6) is 0 Å². The summed E-state index contributed by atoms with van der Waals surface area (Å²) in [4.78, 5) is 0.247. The number of nitrogens with zero attached hydrogens (tertiary/aromatic N) is 1. The fourth-order valence-corrected chi connectivity index (χ4v) is 3.49. The molecule has 0 heterocycles. The molecule has 0 unspecified atom stereocenters. The molecule has 1 aromatic carbocycles. The van der Waals surface area contributed by atoms with E-state index in [1.807, 2.05) is 0 Å². The highest BCUT2D eigenvalue weighted by atomic mass is 32.2. The lowest BCUT2D eigenvalue weighted by atomic mass is 9.82. The Bertz CT molecular complexity index is 654. The molecule has 0 aromatic heterocycles. The first-order valence-corrected chi connectivity index (χ1v) is 8.01. The van der Waals surface area contributed by atoms with Crippen molar-refractivity contribution in [3.05, 3.63) is 24.0 Å². The summed E-state index contributed by atoms with van der Waals surface area (Å²) in [5, 5.41) is 9.22. The molecular weight excluding hydrogens is 326 g/mol. The molecule has 124 valence electrons. The van der Waals surface area contributed by atoms with Crippen molar-refractivity contribution in [1.82, 2.24) is 0 Å². The van der Waals surface area contributed by atoms with Crippen LogP contribution >= 0.6 is 0 Å². The summed E-state index contributed by atoms with van der Waals surface area (Å²) in [6, 6.07) is 2.31. The molecule has 2 rings (SSSR count). The Morgan fingerprint density at radius 2 is 1.91 bits per heavy atom. The highest BCUT2D eigenvalue weighted by Gasteiger charge is 2.48. The number of halogens is 4. The fourth-order valence-electron chi connectivity index (χ4n) is 2.48. The second-order valence-corrected chi connectivity index (χ2v) is 7.34. The van der Waals surface area contributed by atoms with Crippen molar-refractivity contribution in [3.8, 4) is 0 Å². The lowest BCUT2D eigenvalue weighted by Crippen LogP contribution is -2.37. The number of sulfone groups is 1. The Morgan fingerprint density at radius 1 is 1.32 bits per heavy atom. The first-order chi connectivity index (χ1) is 10.0. The van der Waals surface area contributed by atoms with Crippen molar-refractivity contribution in [2.45, 2.75) is 29.3 Å². The van der Waals surface area contributed by atoms with Gasteiger partial charge in [-0.2, -0.15) is 13.2 Å². The van der Waals surface area contributed by atoms with Gasteiger partial charge in [0.2, 0.25) is 0 Å². The van der Waals surface area contributed by atoms with E-state index in [9.17, 15) is 31.1 Å². The zero-order chi connectivity index (χ0) is 16.7. The third kappa shape index (κ3) is 3.19. The zero-order valence-corrected chi connectivity index (χ0v) is 12.5. The third-order valence-electron chi connectivity index (χ3n) is 3.67. The zero-order valence-electron chi connectivity index (χ0n) is 11.6. The second-order valence-electron chi connectivity index (χ2n) is 5.43. The normalized spacial score (nSPS) is 22.3. The molecule has 1 aromatic rings. The fraction of sp³-hybridized carbons (Fsp3) is 0.538. The van der Waals surface area contributed by atoms with Gasteiger partial charge in [-0.15, -0.1) is 0 Å². The Labute approximate surface area is 125 Å². The highest BCUT2D eigenvalue weighted by Crippen LogP contribution is 2.37. The number of benzene rings is 1. The van der Waals surface area contributed by atoms with Crippen molar-refractivity contribution in [2.75, 3.05) is 18.5 Å². The molecule has 0 atom stereocenters. The first-order valence-electron chi connectivity index (χ1n) is 6.52. The number of hydrogen-bond donors (Lipinski definition) is 1. The topological polar surface area (TPSA) is 57.6 Å². The number of rotatable bonds is 4. The minimum atomic E-state index is -5.64. The molecule has 0 amide bonds. The average Bonchev–Trinajstić information content (AvgIpc) is 2.35. The van der Waals surface area contributed by atoms with E-state index in [1.54, 1.807) is 0 Å². The molecular formula is C13H15F4NO3S. The summed E-state index contributed by atoms with van der Waals surface area (Å²) in [7, 11) is -4.20. The summed E-state index contributed by atoms with van der Waals surface area (Å²) < 4.78 is 74.6. The van der Waals surface area contributed by atoms with Crippen molar-refractivity contribution < 1.29 is 31.1 Å². The van der Waals surface area contributed by atoms with Crippen molar-refractivity contribution >= 4 is 15.5 Å². The van der Waals surface area contributed by atoms with Gasteiger partial charge in [0.1, 0.15) is 10.7 Å². The van der Waals surface area contributed by atoms with Crippen molar-refractivity contribution in [3.63, 3.8) is 0 Å². The lowest BCUT2D eigenvalue weighted by Gasteiger charge is -2.35. The largest absolute Gasteiger partial charge is 0.501 e. The van der Waals surface area contributed by atoms with Gasteiger partial charge in [0, 0.05) is 13.6 Å². The molecule has 9 heteroatoms. The molecule has 0 spiro atoms. The minimum Gasteiger partial charge on any atom is -0.393 e. The van der Waals surface area contributed by atoms with Gasteiger partial charge >= 0.3 is 5.51 Å². The number of aliphatic hydroxyl groups is 1. The Hall–Kier alpha value is -1.35. The van der Waals surface area contributed by atoms with Gasteiger partial charge in [-0.05, 0) is 37.0 Å². The molecule has 1 aliphatic rings. The predicted octanol–water partition coefficient (Wildman–Crippen LogP) is 2.33. The molecule has 0 radical (unpaired) electrons. The molecule has 0 saturated heterocycles. The van der Waals surface area contributed by atoms with Gasteiger partial charge in [0.25, 0.3) is 9.84 Å². The Kier molecular flexibility index (Phi) is 4.40. The van der Waals surface area contributed by atoms with Crippen LogP contribution in [-0.2, 0) is 9.84 Å². The van der Waals surface area contributed by atoms with E-state index in [2.05, 4.69) is 0 Å². The van der Waals surface area contributed by atoms with E-state index in [4.69, 9.17) is 0 Å². The van der Waals surface area contributed by atoms with Crippen LogP contribution in [0.15, 0.2) is 23.1 Å². The second kappa shape index (κ2) is 5.69. The van der Waals surface area contributed by atoms with E-state index >= 15 is 0 Å². The number of anilines is 1. The Morgan fingerprint density at radius 3 is 2.41 bits per heavy atom. The van der Waals surface area contributed by atoms with Crippen LogP contribution in [0.3, 0.4) is 0 Å². The maximum absolute atomic E-state index is 13.2. The minimum absolute atomic E-state index is 0.0616. The van der Waals surface area contributed by atoms with Crippen LogP contribution in [0.4, 0.5) is 23.2 Å². The predicted molar refractivity (Wildman–Crippen MR) is 71.6 cm³/mol. The van der Waals surface area contributed by atoms with Crippen LogP contribution in [0.1, 0.15) is 12.8 Å². The maximum Gasteiger partial charge on any atom is 0.501 e. The average molecular weight is 341 g/mol. The molecule has 1 aliphatic carbocycles. The quantitative estimate of drug-likeness (QED) is 0.854. The monoisotopic (exact) mass is 341 g/mol. The number of alkyl halides is 3. The Balaban J connectivity index is 2.36. The van der Waals surface area contributed by atoms with Crippen LogP contribution < -0.4 is 4.90 Å². The summed E-state index contributed by atoms with van der Waals surface area (Å²) >= 11 is 0. The van der Waals surface area contributed by atoms with E-state index < -0.39 is 32.2 Å². The molecule has 1 fully saturated rings. The summed E-state index contributed by atoms with van der Waals surface area (Å²) in [5.74, 6) is -0.995. The highest BCUT2D eigenvalue weighted by molar-refractivity contribution is 7.92. The van der Waals surface area contributed by atoms with Crippen molar-refractivity contribution in [2.24, 2.45) is 5.92 Å². The maximum atomic E-state index is 13.2. The van der Waals surface area contributed by atoms with Gasteiger partial charge in [0.15, 0.2) is 0 Å². The smallest absolute Gasteiger partial charge is 0.393 e. The summed E-state index contributed by atoms with van der Waals surface area (Å²) in [6.07, 6.45) is 0.588. The van der Waals surface area contributed by atoms with Crippen LogP contribution in [-0.4, -0.2) is 38.7 Å².